The summed E-state index contributed by atoms with van der Waals surface area (Å²) >= 11 is 3.38. The van der Waals surface area contributed by atoms with Crippen molar-refractivity contribution < 1.29 is 18.0 Å². The summed E-state index contributed by atoms with van der Waals surface area (Å²) in [6, 6.07) is 15.8. The van der Waals surface area contributed by atoms with Crippen LogP contribution in [0.5, 0.6) is 0 Å². The summed E-state index contributed by atoms with van der Waals surface area (Å²) in [5.41, 5.74) is 1.40. The minimum Gasteiger partial charge on any atom is -0.354 e. The lowest BCUT2D eigenvalue weighted by atomic mass is 10.1. The standard InChI is InChI=1S/C25H34BrN3O4S/c1-5-22(25(31)27-17-19(2)3)28(16-15-20-11-7-6-8-12-20)24(30)18-29(34(4,32)33)23-14-10-9-13-21(23)26/h6-14,19,22H,5,15-18H2,1-4H3,(H,27,31)/t22-/m0/s1. The largest absolute Gasteiger partial charge is 0.354 e. The number of anilines is 1. The highest BCUT2D eigenvalue weighted by Gasteiger charge is 2.31. The molecule has 0 unspecified atom stereocenters. The van der Waals surface area contributed by atoms with Crippen molar-refractivity contribution in [2.24, 2.45) is 5.92 Å². The second-order valence-corrected chi connectivity index (χ2v) is 11.4. The van der Waals surface area contributed by atoms with Crippen LogP contribution < -0.4 is 9.62 Å². The van der Waals surface area contributed by atoms with E-state index in [1.807, 2.05) is 51.1 Å². The summed E-state index contributed by atoms with van der Waals surface area (Å²) in [6.07, 6.45) is 2.04. The molecular formula is C25H34BrN3O4S. The number of nitrogens with one attached hydrogen (secondary N) is 1. The zero-order chi connectivity index (χ0) is 25.3. The highest BCUT2D eigenvalue weighted by molar-refractivity contribution is 9.10. The molecule has 0 heterocycles. The fourth-order valence-electron chi connectivity index (χ4n) is 3.57. The van der Waals surface area contributed by atoms with Crippen molar-refractivity contribution in [3.8, 4) is 0 Å². The average Bonchev–Trinajstić information content (AvgIpc) is 2.79. The molecule has 1 atom stereocenters. The van der Waals surface area contributed by atoms with Gasteiger partial charge < -0.3 is 10.2 Å². The van der Waals surface area contributed by atoms with Gasteiger partial charge in [0.2, 0.25) is 21.8 Å². The number of hydrogen-bond donors (Lipinski definition) is 1. The van der Waals surface area contributed by atoms with Crippen LogP contribution in [0.4, 0.5) is 5.69 Å². The number of rotatable bonds is 12. The molecule has 186 valence electrons. The van der Waals surface area contributed by atoms with E-state index in [1.165, 1.54) is 4.90 Å². The maximum Gasteiger partial charge on any atom is 0.244 e. The van der Waals surface area contributed by atoms with Gasteiger partial charge in [-0.05, 0) is 52.4 Å². The molecule has 0 bridgehead atoms. The van der Waals surface area contributed by atoms with Crippen molar-refractivity contribution in [3.63, 3.8) is 0 Å². The number of carbonyl (C=O) groups excluding carboxylic acids is 2. The first-order valence-electron chi connectivity index (χ1n) is 11.4. The van der Waals surface area contributed by atoms with Crippen LogP contribution >= 0.6 is 15.9 Å². The van der Waals surface area contributed by atoms with Crippen LogP contribution in [0.1, 0.15) is 32.8 Å². The Morgan fingerprint density at radius 3 is 2.21 bits per heavy atom. The van der Waals surface area contributed by atoms with E-state index in [0.29, 0.717) is 36.1 Å². The zero-order valence-electron chi connectivity index (χ0n) is 20.2. The van der Waals surface area contributed by atoms with Gasteiger partial charge in [0.25, 0.3) is 0 Å². The van der Waals surface area contributed by atoms with E-state index in [0.717, 1.165) is 16.1 Å². The van der Waals surface area contributed by atoms with E-state index in [4.69, 9.17) is 0 Å². The molecule has 0 saturated heterocycles. The first kappa shape index (κ1) is 27.9. The highest BCUT2D eigenvalue weighted by Crippen LogP contribution is 2.27. The highest BCUT2D eigenvalue weighted by atomic mass is 79.9. The number of hydrogen-bond acceptors (Lipinski definition) is 4. The monoisotopic (exact) mass is 551 g/mol. The van der Waals surface area contributed by atoms with Crippen molar-refractivity contribution in [1.82, 2.24) is 10.2 Å². The maximum absolute atomic E-state index is 13.6. The Labute approximate surface area is 211 Å². The molecule has 7 nitrogen and oxygen atoms in total. The molecule has 9 heteroatoms. The minimum atomic E-state index is -3.76. The van der Waals surface area contributed by atoms with Gasteiger partial charge in [0, 0.05) is 17.6 Å². The molecule has 1 N–H and O–H groups in total. The average molecular weight is 553 g/mol. The first-order chi connectivity index (χ1) is 16.0. The van der Waals surface area contributed by atoms with Crippen molar-refractivity contribution in [3.05, 3.63) is 64.6 Å². The predicted molar refractivity (Wildman–Crippen MR) is 140 cm³/mol. The van der Waals surface area contributed by atoms with Gasteiger partial charge in [-0.3, -0.25) is 13.9 Å². The minimum absolute atomic E-state index is 0.232. The second kappa shape index (κ2) is 12.9. The van der Waals surface area contributed by atoms with Crippen LogP contribution in [0, 0.1) is 5.92 Å². The molecule has 0 aromatic heterocycles. The predicted octanol–water partition coefficient (Wildman–Crippen LogP) is 3.84. The van der Waals surface area contributed by atoms with Gasteiger partial charge in [-0.2, -0.15) is 0 Å². The zero-order valence-corrected chi connectivity index (χ0v) is 22.6. The van der Waals surface area contributed by atoms with Gasteiger partial charge >= 0.3 is 0 Å². The van der Waals surface area contributed by atoms with Crippen molar-refractivity contribution in [2.45, 2.75) is 39.7 Å². The van der Waals surface area contributed by atoms with Gasteiger partial charge in [0.15, 0.2) is 0 Å². The van der Waals surface area contributed by atoms with Crippen molar-refractivity contribution in [1.29, 1.82) is 0 Å². The molecule has 0 fully saturated rings. The second-order valence-electron chi connectivity index (χ2n) is 8.61. The molecule has 0 spiro atoms. The third-order valence-corrected chi connectivity index (χ3v) is 7.15. The summed E-state index contributed by atoms with van der Waals surface area (Å²) in [5, 5.41) is 2.92. The molecule has 0 aliphatic carbocycles. The smallest absolute Gasteiger partial charge is 0.244 e. The molecule has 0 aliphatic rings. The fourth-order valence-corrected chi connectivity index (χ4v) is 5.04. The molecule has 34 heavy (non-hydrogen) atoms. The van der Waals surface area contributed by atoms with Crippen LogP contribution in [0.15, 0.2) is 59.1 Å². The van der Waals surface area contributed by atoms with Crippen molar-refractivity contribution >= 4 is 43.5 Å². The Bertz CT molecular complexity index is 1060. The van der Waals surface area contributed by atoms with E-state index in [2.05, 4.69) is 21.2 Å². The lowest BCUT2D eigenvalue weighted by molar-refractivity contribution is -0.139. The molecule has 2 aromatic carbocycles. The van der Waals surface area contributed by atoms with Gasteiger partial charge in [-0.15, -0.1) is 0 Å². The quantitative estimate of drug-likeness (QED) is 0.434. The number of benzene rings is 2. The molecule has 2 amide bonds. The maximum atomic E-state index is 13.6. The Balaban J connectivity index is 2.35. The van der Waals surface area contributed by atoms with Gasteiger partial charge in [0.05, 0.1) is 11.9 Å². The first-order valence-corrected chi connectivity index (χ1v) is 14.0. The van der Waals surface area contributed by atoms with Gasteiger partial charge in [-0.25, -0.2) is 8.42 Å². The van der Waals surface area contributed by atoms with Crippen LogP contribution in [-0.4, -0.2) is 57.1 Å². The lowest BCUT2D eigenvalue weighted by Crippen LogP contribution is -2.53. The Morgan fingerprint density at radius 2 is 1.65 bits per heavy atom. The number of carbonyl (C=O) groups is 2. The van der Waals surface area contributed by atoms with E-state index in [-0.39, 0.29) is 11.8 Å². The summed E-state index contributed by atoms with van der Waals surface area (Å²) in [6.45, 7) is 6.25. The summed E-state index contributed by atoms with van der Waals surface area (Å²) in [5.74, 6) is -0.390. The fraction of sp³-hybridized carbons (Fsp3) is 0.440. The Hall–Kier alpha value is -2.39. The topological polar surface area (TPSA) is 86.8 Å². The van der Waals surface area contributed by atoms with Gasteiger partial charge in [0.1, 0.15) is 12.6 Å². The SMILES string of the molecule is CC[C@@H](C(=O)NCC(C)C)N(CCc1ccccc1)C(=O)CN(c1ccccc1Br)S(C)(=O)=O. The Morgan fingerprint density at radius 1 is 1.03 bits per heavy atom. The number of halogens is 1. The number of amides is 2. The summed E-state index contributed by atoms with van der Waals surface area (Å²) < 4.78 is 26.9. The molecule has 0 aliphatic heterocycles. The Kier molecular flexibility index (Phi) is 10.6. The summed E-state index contributed by atoms with van der Waals surface area (Å²) in [4.78, 5) is 28.1. The van der Waals surface area contributed by atoms with E-state index in [9.17, 15) is 18.0 Å². The summed E-state index contributed by atoms with van der Waals surface area (Å²) in [7, 11) is -3.76. The number of sulfonamides is 1. The van der Waals surface area contributed by atoms with Crippen LogP contribution in [0.3, 0.4) is 0 Å². The molecule has 2 aromatic rings. The van der Waals surface area contributed by atoms with Crippen LogP contribution in [0.2, 0.25) is 0 Å². The van der Waals surface area contributed by atoms with Crippen LogP contribution in [-0.2, 0) is 26.0 Å². The lowest BCUT2D eigenvalue weighted by Gasteiger charge is -2.33. The molecule has 0 radical (unpaired) electrons. The van der Waals surface area contributed by atoms with E-state index >= 15 is 0 Å². The van der Waals surface area contributed by atoms with Crippen molar-refractivity contribution in [2.75, 3.05) is 30.2 Å². The van der Waals surface area contributed by atoms with Crippen LogP contribution in [0.25, 0.3) is 0 Å². The molecule has 0 saturated carbocycles. The third-order valence-electron chi connectivity index (χ3n) is 5.36. The molecule has 2 rings (SSSR count). The van der Waals surface area contributed by atoms with E-state index in [1.54, 1.807) is 24.3 Å². The van der Waals surface area contributed by atoms with Gasteiger partial charge in [-0.1, -0.05) is 63.2 Å². The molecular weight excluding hydrogens is 518 g/mol. The third kappa shape index (κ3) is 8.13. The number of nitrogens with zero attached hydrogens (tertiary/aromatic N) is 2. The number of para-hydroxylation sites is 1. The normalized spacial score (nSPS) is 12.3. The van der Waals surface area contributed by atoms with E-state index < -0.39 is 28.5 Å².